The zero-order chi connectivity index (χ0) is 27.4. The molecule has 4 aromatic rings. The monoisotopic (exact) mass is 533 g/mol. The maximum atomic E-state index is 13.0. The second-order valence-corrected chi connectivity index (χ2v) is 9.94. The van der Waals surface area contributed by atoms with E-state index in [-0.39, 0.29) is 18.1 Å². The summed E-state index contributed by atoms with van der Waals surface area (Å²) in [4.78, 5) is 30.5. The van der Waals surface area contributed by atoms with Gasteiger partial charge < -0.3 is 24.8 Å². The van der Waals surface area contributed by atoms with Crippen LogP contribution in [0.3, 0.4) is 0 Å². The van der Waals surface area contributed by atoms with Gasteiger partial charge in [0, 0.05) is 24.2 Å². The Kier molecular flexibility index (Phi) is 8.16. The van der Waals surface area contributed by atoms with Crippen molar-refractivity contribution >= 4 is 44.1 Å². The number of ether oxygens (including phenoxy) is 3. The summed E-state index contributed by atoms with van der Waals surface area (Å²) in [6, 6.07) is 12.9. The van der Waals surface area contributed by atoms with E-state index in [4.69, 9.17) is 14.2 Å². The Morgan fingerprint density at radius 2 is 1.61 bits per heavy atom. The molecule has 0 bridgehead atoms. The molecule has 0 unspecified atom stereocenters. The van der Waals surface area contributed by atoms with Gasteiger partial charge >= 0.3 is 0 Å². The Hall–Kier alpha value is -4.11. The summed E-state index contributed by atoms with van der Waals surface area (Å²) < 4.78 is 17.0. The van der Waals surface area contributed by atoms with E-state index >= 15 is 0 Å². The maximum absolute atomic E-state index is 13.0. The molecule has 3 aromatic carbocycles. The Morgan fingerprint density at radius 3 is 2.26 bits per heavy atom. The molecule has 4 rings (SSSR count). The van der Waals surface area contributed by atoms with Crippen molar-refractivity contribution in [1.29, 1.82) is 0 Å². The van der Waals surface area contributed by atoms with Crippen LogP contribution in [0.25, 0.3) is 10.2 Å². The van der Waals surface area contributed by atoms with Gasteiger partial charge in [0.2, 0.25) is 5.75 Å². The topological polar surface area (TPSA) is 98.8 Å². The number of ketones is 1. The first-order valence-electron chi connectivity index (χ1n) is 12.1. The van der Waals surface area contributed by atoms with Crippen LogP contribution < -0.4 is 24.8 Å². The summed E-state index contributed by atoms with van der Waals surface area (Å²) in [6.45, 7) is 6.41. The highest BCUT2D eigenvalue weighted by molar-refractivity contribution is 7.22. The number of fused-ring (bicyclic) bond motifs is 1. The second-order valence-electron chi connectivity index (χ2n) is 8.91. The average Bonchev–Trinajstić information content (AvgIpc) is 3.31. The molecule has 0 fully saturated rings. The van der Waals surface area contributed by atoms with E-state index in [1.165, 1.54) is 32.7 Å². The zero-order valence-electron chi connectivity index (χ0n) is 22.4. The van der Waals surface area contributed by atoms with Gasteiger partial charge in [-0.25, -0.2) is 4.98 Å². The van der Waals surface area contributed by atoms with Crippen LogP contribution in [0, 0.1) is 20.8 Å². The number of carbonyl (C=O) groups excluding carboxylic acids is 2. The van der Waals surface area contributed by atoms with Crippen molar-refractivity contribution < 1.29 is 23.8 Å². The minimum Gasteiger partial charge on any atom is -0.493 e. The SMILES string of the molecule is COc1ccc(C(=O)CCNc2nc3ccc(C(=O)Nc4c(C)cc(C)cc4C)cc3s2)c(OC)c1OC. The number of anilines is 2. The minimum absolute atomic E-state index is 0.0999. The number of nitrogens with zero attached hydrogens (tertiary/aromatic N) is 1. The summed E-state index contributed by atoms with van der Waals surface area (Å²) in [7, 11) is 4.52. The van der Waals surface area contributed by atoms with Crippen LogP contribution in [-0.2, 0) is 0 Å². The predicted octanol–water partition coefficient (Wildman–Crippen LogP) is 6.18. The van der Waals surface area contributed by atoms with E-state index in [1.54, 1.807) is 18.2 Å². The maximum Gasteiger partial charge on any atom is 0.255 e. The molecule has 0 spiro atoms. The van der Waals surface area contributed by atoms with Crippen LogP contribution in [0.5, 0.6) is 17.2 Å². The van der Waals surface area contributed by atoms with Crippen molar-refractivity contribution in [2.24, 2.45) is 0 Å². The number of hydrogen-bond donors (Lipinski definition) is 2. The molecule has 0 aliphatic rings. The summed E-state index contributed by atoms with van der Waals surface area (Å²) in [5.74, 6) is 0.952. The van der Waals surface area contributed by atoms with Gasteiger partial charge in [0.15, 0.2) is 22.4 Å². The number of amides is 1. The van der Waals surface area contributed by atoms with Crippen LogP contribution in [0.4, 0.5) is 10.8 Å². The van der Waals surface area contributed by atoms with Gasteiger partial charge in [-0.1, -0.05) is 29.0 Å². The molecule has 0 atom stereocenters. The molecule has 198 valence electrons. The first kappa shape index (κ1) is 26.9. The first-order chi connectivity index (χ1) is 18.2. The molecule has 0 aliphatic carbocycles. The number of thiazole rings is 1. The number of Topliss-reactive ketones (excluding diaryl/α,β-unsaturated/α-hetero) is 1. The Bertz CT molecular complexity index is 1490. The third-order valence-electron chi connectivity index (χ3n) is 6.20. The van der Waals surface area contributed by atoms with Gasteiger partial charge in [-0.2, -0.15) is 0 Å². The third kappa shape index (κ3) is 5.57. The van der Waals surface area contributed by atoms with E-state index in [9.17, 15) is 9.59 Å². The van der Waals surface area contributed by atoms with Gasteiger partial charge in [-0.3, -0.25) is 9.59 Å². The van der Waals surface area contributed by atoms with Crippen molar-refractivity contribution in [3.8, 4) is 17.2 Å². The number of aromatic nitrogens is 1. The average molecular weight is 534 g/mol. The lowest BCUT2D eigenvalue weighted by molar-refractivity contribution is 0.0981. The molecular weight excluding hydrogens is 502 g/mol. The minimum atomic E-state index is -0.167. The highest BCUT2D eigenvalue weighted by atomic mass is 32.1. The second kappa shape index (κ2) is 11.5. The molecule has 1 aromatic heterocycles. The van der Waals surface area contributed by atoms with Gasteiger partial charge in [-0.15, -0.1) is 0 Å². The lowest BCUT2D eigenvalue weighted by atomic mass is 10.0. The predicted molar refractivity (Wildman–Crippen MR) is 152 cm³/mol. The van der Waals surface area contributed by atoms with Crippen molar-refractivity contribution in [2.75, 3.05) is 38.5 Å². The Balaban J connectivity index is 1.43. The number of rotatable bonds is 10. The van der Waals surface area contributed by atoms with Gasteiger partial charge in [0.1, 0.15) is 0 Å². The molecule has 0 saturated heterocycles. The highest BCUT2D eigenvalue weighted by Crippen LogP contribution is 2.40. The van der Waals surface area contributed by atoms with Crippen LogP contribution in [0.2, 0.25) is 0 Å². The Labute approximate surface area is 226 Å². The standard InChI is InChI=1S/C29H31N3O5S/c1-16-13-17(2)25(18(3)14-16)32-28(34)19-7-9-21-24(15-19)38-29(31-21)30-12-11-22(33)20-8-10-23(35-4)27(37-6)26(20)36-5/h7-10,13-15H,11-12H2,1-6H3,(H,30,31)(H,32,34). The fourth-order valence-electron chi connectivity index (χ4n) is 4.44. The number of aryl methyl sites for hydroxylation is 3. The van der Waals surface area contributed by atoms with Crippen LogP contribution in [-0.4, -0.2) is 44.5 Å². The van der Waals surface area contributed by atoms with E-state index in [1.807, 2.05) is 32.9 Å². The van der Waals surface area contributed by atoms with E-state index in [0.29, 0.717) is 40.1 Å². The molecule has 38 heavy (non-hydrogen) atoms. The first-order valence-corrected chi connectivity index (χ1v) is 12.9. The number of nitrogens with one attached hydrogen (secondary N) is 2. The van der Waals surface area contributed by atoms with Crippen molar-refractivity contribution in [3.63, 3.8) is 0 Å². The van der Waals surface area contributed by atoms with E-state index in [2.05, 4.69) is 27.8 Å². The molecule has 9 heteroatoms. The molecule has 2 N–H and O–H groups in total. The van der Waals surface area contributed by atoms with Crippen LogP contribution in [0.15, 0.2) is 42.5 Å². The third-order valence-corrected chi connectivity index (χ3v) is 7.17. The highest BCUT2D eigenvalue weighted by Gasteiger charge is 2.20. The van der Waals surface area contributed by atoms with E-state index < -0.39 is 0 Å². The van der Waals surface area contributed by atoms with Crippen molar-refractivity contribution in [3.05, 3.63) is 70.3 Å². The summed E-state index contributed by atoms with van der Waals surface area (Å²) >= 11 is 1.43. The number of hydrogen-bond acceptors (Lipinski definition) is 8. The summed E-state index contributed by atoms with van der Waals surface area (Å²) in [6.07, 6.45) is 0.227. The van der Waals surface area contributed by atoms with Crippen LogP contribution in [0.1, 0.15) is 43.8 Å². The summed E-state index contributed by atoms with van der Waals surface area (Å²) in [5.41, 5.74) is 5.82. The van der Waals surface area contributed by atoms with E-state index in [0.717, 1.165) is 32.6 Å². The van der Waals surface area contributed by atoms with Gasteiger partial charge in [0.05, 0.1) is 37.1 Å². The number of benzene rings is 3. The quantitative estimate of drug-likeness (QED) is 0.235. The van der Waals surface area contributed by atoms with Crippen LogP contribution >= 0.6 is 11.3 Å². The fraction of sp³-hybridized carbons (Fsp3) is 0.276. The largest absolute Gasteiger partial charge is 0.493 e. The molecule has 0 saturated carbocycles. The van der Waals surface area contributed by atoms with Gasteiger partial charge in [0.25, 0.3) is 5.91 Å². The normalized spacial score (nSPS) is 10.8. The summed E-state index contributed by atoms with van der Waals surface area (Å²) in [5, 5.41) is 6.94. The molecule has 0 aliphatic heterocycles. The van der Waals surface area contributed by atoms with Gasteiger partial charge in [-0.05, 0) is 62.2 Å². The van der Waals surface area contributed by atoms with Crippen molar-refractivity contribution in [1.82, 2.24) is 4.98 Å². The number of methoxy groups -OCH3 is 3. The Morgan fingerprint density at radius 1 is 0.895 bits per heavy atom. The molecule has 0 radical (unpaired) electrons. The molecule has 8 nitrogen and oxygen atoms in total. The smallest absolute Gasteiger partial charge is 0.255 e. The zero-order valence-corrected chi connectivity index (χ0v) is 23.2. The molecule has 1 heterocycles. The molecular formula is C29H31N3O5S. The number of carbonyl (C=O) groups is 2. The van der Waals surface area contributed by atoms with Crippen molar-refractivity contribution in [2.45, 2.75) is 27.2 Å². The lowest BCUT2D eigenvalue weighted by Gasteiger charge is -2.15. The fourth-order valence-corrected chi connectivity index (χ4v) is 5.37. The molecule has 1 amide bonds. The lowest BCUT2D eigenvalue weighted by Crippen LogP contribution is -2.13.